The van der Waals surface area contributed by atoms with E-state index in [0.29, 0.717) is 17.7 Å². The Hall–Kier alpha value is -9.68. The van der Waals surface area contributed by atoms with Gasteiger partial charge in [-0.2, -0.15) is 23.5 Å². The summed E-state index contributed by atoms with van der Waals surface area (Å²) in [5, 5.41) is 54.1. The molecule has 3 fully saturated rings. The molecule has 0 aliphatic carbocycles. The number of H-pyrrole nitrogens is 1. The van der Waals surface area contributed by atoms with Gasteiger partial charge in [-0.25, -0.2) is 14.3 Å². The number of primary amides is 2. The standard InChI is InChI=1S/C58H86N19O22PS2/c1-29(68-47(85)24-66-51(88)33(13-15-101-2)69-48(86)23-64-46(84)22-63-45(83)21-62-44(82)8-4-3-7-41-49-39(27-102-41)75-58(95)76-49)50(87)70-34(16-30-9-11-32(79)12-10-30)53(90)74-38(26-99-100(96,97)98)57(94)77-14-5-6-40(77)56(93)72-35(17-31-19-61-28-67-31)54(91)73-37(25-78)55(92)71-36(18-42(59)80)52(89)65-20-43(60)81/h9-12,19,28-29,33-41,49,78-79H,3-8,13-18,20-27H2,1-2H3,(H2,59,80)(H2,60,81)(H,61,67)(H,62,82)(H,63,83)(H,64,84)(H,65,89)(H,66,88)(H,68,85)(H,69,86)(H,70,87)(H,71,92)(H,72,93)(H,73,91)(H,74,90)(H2,75,76,95)(H2,96,97,98)/t29-,33-,34-,35-,36-,37-,38-,39-,40-,41-,49-/m0/s1. The van der Waals surface area contributed by atoms with Gasteiger partial charge >= 0.3 is 13.9 Å². The number of urea groups is 1. The van der Waals surface area contributed by atoms with Crippen LogP contribution in [0.25, 0.3) is 0 Å². The van der Waals surface area contributed by atoms with Crippen molar-refractivity contribution < 1.29 is 106 Å². The first kappa shape index (κ1) is 83.0. The molecule has 11 atom stereocenters. The number of amides is 17. The maximum Gasteiger partial charge on any atom is 0.469 e. The summed E-state index contributed by atoms with van der Waals surface area (Å²) in [6.07, 6.45) is 4.95. The van der Waals surface area contributed by atoms with Gasteiger partial charge in [0.1, 0.15) is 54.1 Å². The maximum absolute atomic E-state index is 14.5. The molecule has 41 nitrogen and oxygen atoms in total. The van der Waals surface area contributed by atoms with Crippen LogP contribution in [0.15, 0.2) is 36.8 Å². The van der Waals surface area contributed by atoms with Gasteiger partial charge in [0, 0.05) is 48.7 Å². The number of thioether (sulfide) groups is 2. The number of aliphatic hydroxyl groups excluding tert-OH is 1. The van der Waals surface area contributed by atoms with Gasteiger partial charge in [0.15, 0.2) is 0 Å². The Bertz CT molecular complexity index is 3390. The summed E-state index contributed by atoms with van der Waals surface area (Å²) in [6.45, 7) is -4.45. The average molecular weight is 1500 g/mol. The second-order valence-corrected chi connectivity index (χ2v) is 27.1. The van der Waals surface area contributed by atoms with Crippen molar-refractivity contribution in [3.8, 4) is 5.75 Å². The number of nitrogens with zero attached hydrogens (tertiary/aromatic N) is 2. The molecule has 5 rings (SSSR count). The summed E-state index contributed by atoms with van der Waals surface area (Å²) >= 11 is 3.08. The van der Waals surface area contributed by atoms with Gasteiger partial charge in [0.05, 0.1) is 70.8 Å². The van der Waals surface area contributed by atoms with Crippen LogP contribution in [0.3, 0.4) is 0 Å². The first-order valence-electron chi connectivity index (χ1n) is 31.9. The highest BCUT2D eigenvalue weighted by Gasteiger charge is 2.44. The van der Waals surface area contributed by atoms with Crippen LogP contribution in [-0.4, -0.2) is 265 Å². The Kier molecular flexibility index (Phi) is 33.6. The summed E-state index contributed by atoms with van der Waals surface area (Å²) in [4.78, 5) is 235. The number of nitrogens with two attached hydrogens (primary N) is 2. The molecule has 3 aliphatic rings. The van der Waals surface area contributed by atoms with Gasteiger partial charge in [-0.1, -0.05) is 18.6 Å². The van der Waals surface area contributed by atoms with Crippen molar-refractivity contribution >= 4 is 126 Å². The molecule has 17 amide bonds. The molecule has 102 heavy (non-hydrogen) atoms. The molecule has 0 saturated carbocycles. The van der Waals surface area contributed by atoms with E-state index in [9.17, 15) is 101 Å². The molecule has 1 aromatic carbocycles. The van der Waals surface area contributed by atoms with Gasteiger partial charge in [0.25, 0.3) is 0 Å². The first-order chi connectivity index (χ1) is 48.3. The maximum atomic E-state index is 14.5. The number of phenolic OH excluding ortho intramolecular Hbond substituents is 1. The molecule has 23 N–H and O–H groups in total. The van der Waals surface area contributed by atoms with E-state index < -0.39 is 198 Å². The molecule has 4 heterocycles. The predicted molar refractivity (Wildman–Crippen MR) is 358 cm³/mol. The quantitative estimate of drug-likeness (QED) is 0.0167. The van der Waals surface area contributed by atoms with Crippen molar-refractivity contribution in [2.75, 3.05) is 70.2 Å². The van der Waals surface area contributed by atoms with Crippen LogP contribution >= 0.6 is 31.3 Å². The number of phosphoric ester groups is 1. The molecule has 0 spiro atoms. The molecule has 3 aliphatic heterocycles. The van der Waals surface area contributed by atoms with E-state index in [1.807, 2.05) is 0 Å². The van der Waals surface area contributed by atoms with Crippen molar-refractivity contribution in [2.45, 2.75) is 137 Å². The molecule has 0 bridgehead atoms. The van der Waals surface area contributed by atoms with Gasteiger partial charge in [-0.3, -0.25) is 76.4 Å². The van der Waals surface area contributed by atoms with Crippen molar-refractivity contribution in [1.82, 2.24) is 89.3 Å². The third-order valence-corrected chi connectivity index (χ3v) is 18.3. The molecule has 44 heteroatoms. The number of carbonyl (C=O) groups is 16. The minimum atomic E-state index is -5.43. The lowest BCUT2D eigenvalue weighted by molar-refractivity contribution is -0.143. The molecular formula is C58H86N19O22PS2. The lowest BCUT2D eigenvalue weighted by Crippen LogP contribution is -2.61. The number of imidazole rings is 1. The number of carbonyl (C=O) groups excluding carboxylic acids is 16. The number of aliphatic hydroxyl groups is 1. The second kappa shape index (κ2) is 41.3. The SMILES string of the molecule is CSCC[C@H](NC(=O)CNC(=O)CNC(=O)CNC(=O)CCCC[C@@H]1SC[C@@H]2NC(=O)N[C@@H]21)C(=O)NCC(=O)N[C@@H](C)C(=O)N[C@@H](Cc1ccc(O)cc1)C(=O)N[C@@H](COP(=O)(O)O)C(=O)N1CCC[C@H]1C(=O)N[C@@H](Cc1cnc[nH]1)C(=O)N[C@@H](CO)C(=O)N[C@@H](CC(N)=O)C(=O)NCC(N)=O. The summed E-state index contributed by atoms with van der Waals surface area (Å²) in [5.41, 5.74) is 10.8. The van der Waals surface area contributed by atoms with Gasteiger partial charge in [0.2, 0.25) is 88.6 Å². The Morgan fingerprint density at radius 3 is 1.90 bits per heavy atom. The van der Waals surface area contributed by atoms with Crippen LogP contribution in [0.4, 0.5) is 4.79 Å². The molecule has 0 unspecified atom stereocenters. The van der Waals surface area contributed by atoms with Crippen LogP contribution in [0.2, 0.25) is 0 Å². The third-order valence-electron chi connectivity index (χ3n) is 15.6. The summed E-state index contributed by atoms with van der Waals surface area (Å²) in [5.74, 6) is -13.4. The van der Waals surface area contributed by atoms with Crippen molar-refractivity contribution in [3.05, 3.63) is 48.0 Å². The first-order valence-corrected chi connectivity index (χ1v) is 35.9. The zero-order chi connectivity index (χ0) is 75.2. The van der Waals surface area contributed by atoms with Crippen molar-refractivity contribution in [2.24, 2.45) is 11.5 Å². The van der Waals surface area contributed by atoms with E-state index in [4.69, 9.17) is 11.5 Å². The molecular weight excluding hydrogens is 1410 g/mol. The number of rotatable bonds is 43. The predicted octanol–water partition coefficient (Wildman–Crippen LogP) is -9.17. The molecule has 3 saturated heterocycles. The van der Waals surface area contributed by atoms with Crippen molar-refractivity contribution in [1.29, 1.82) is 0 Å². The topological polar surface area (TPSA) is 633 Å². The number of hydrogen-bond donors (Lipinski definition) is 21. The number of nitrogens with one attached hydrogen (secondary N) is 15. The fourth-order valence-corrected chi connectivity index (χ4v) is 12.8. The Labute approximate surface area is 591 Å². The number of aromatic amines is 1. The van der Waals surface area contributed by atoms with Crippen LogP contribution in [-0.2, 0) is 93.8 Å². The van der Waals surface area contributed by atoms with E-state index in [2.05, 4.69) is 88.9 Å². The molecule has 562 valence electrons. The number of unbranched alkanes of at least 4 members (excludes halogenated alkanes) is 1. The molecule has 0 radical (unpaired) electrons. The normalized spacial score (nSPS) is 18.0. The fourth-order valence-electron chi connectivity index (χ4n) is 10.5. The number of fused-ring (bicyclic) bond motifs is 1. The summed E-state index contributed by atoms with van der Waals surface area (Å²) < 4.78 is 16.8. The van der Waals surface area contributed by atoms with E-state index >= 15 is 0 Å². The van der Waals surface area contributed by atoms with E-state index in [0.717, 1.165) is 23.5 Å². The smallest absolute Gasteiger partial charge is 0.469 e. The second-order valence-electron chi connectivity index (χ2n) is 23.6. The highest BCUT2D eigenvalue weighted by molar-refractivity contribution is 8.00. The number of phenols is 1. The Morgan fingerprint density at radius 2 is 1.27 bits per heavy atom. The Balaban J connectivity index is 1.16. The van der Waals surface area contributed by atoms with E-state index in [-0.39, 0.29) is 79.4 Å². The minimum Gasteiger partial charge on any atom is -0.508 e. The lowest BCUT2D eigenvalue weighted by atomic mass is 10.0. The molecule has 2 aromatic rings. The van der Waals surface area contributed by atoms with E-state index in [1.165, 1.54) is 55.5 Å². The minimum absolute atomic E-state index is 0.0488. The summed E-state index contributed by atoms with van der Waals surface area (Å²) in [7, 11) is -5.43. The highest BCUT2D eigenvalue weighted by atomic mass is 32.2. The number of aromatic hydroxyl groups is 1. The van der Waals surface area contributed by atoms with Crippen LogP contribution < -0.4 is 85.9 Å². The Morgan fingerprint density at radius 1 is 0.686 bits per heavy atom. The van der Waals surface area contributed by atoms with Crippen LogP contribution in [0.1, 0.15) is 69.5 Å². The zero-order valence-corrected chi connectivity index (χ0v) is 57.9. The van der Waals surface area contributed by atoms with Gasteiger partial charge < -0.3 is 116 Å². The van der Waals surface area contributed by atoms with Crippen molar-refractivity contribution in [3.63, 3.8) is 0 Å². The van der Waals surface area contributed by atoms with Gasteiger partial charge in [-0.05, 0) is 68.7 Å². The monoisotopic (exact) mass is 1500 g/mol. The number of phosphoric acid groups is 1. The average Bonchev–Trinajstić information content (AvgIpc) is 1.57. The number of likely N-dealkylation sites (tertiary alicyclic amines) is 1. The van der Waals surface area contributed by atoms with Crippen LogP contribution in [0.5, 0.6) is 5.75 Å². The number of aromatic nitrogens is 2. The number of hydrogen-bond acceptors (Lipinski definition) is 23. The van der Waals surface area contributed by atoms with Crippen LogP contribution in [0, 0.1) is 0 Å². The lowest BCUT2D eigenvalue weighted by Gasteiger charge is -2.31. The highest BCUT2D eigenvalue weighted by Crippen LogP contribution is 2.36. The molecule has 1 aromatic heterocycles. The van der Waals surface area contributed by atoms with Gasteiger partial charge in [-0.15, -0.1) is 0 Å². The summed E-state index contributed by atoms with van der Waals surface area (Å²) in [6, 6.07) is -8.01. The van der Waals surface area contributed by atoms with E-state index in [1.54, 1.807) is 18.0 Å². The largest absolute Gasteiger partial charge is 0.508 e. The number of benzene rings is 1. The third kappa shape index (κ3) is 28.7. The zero-order valence-electron chi connectivity index (χ0n) is 55.4. The fraction of sp³-hybridized carbons (Fsp3) is 0.569.